The van der Waals surface area contributed by atoms with E-state index in [1.807, 2.05) is 0 Å². The first-order valence-electron chi connectivity index (χ1n) is 4.67. The third kappa shape index (κ3) is 3.23. The average molecular weight is 269 g/mol. The first kappa shape index (κ1) is 12.0. The molecule has 2 aromatic rings. The van der Waals surface area contributed by atoms with Gasteiger partial charge in [0.15, 0.2) is 0 Å². The van der Waals surface area contributed by atoms with Gasteiger partial charge in [0.25, 0.3) is 0 Å². The number of hydrogen-bond acceptors (Lipinski definition) is 4. The molecule has 0 bridgehead atoms. The number of aromatic nitrogens is 2. The SMILES string of the molecule is NS(=O)c1cccc(Nc2nccc(Cl)n2)c1. The molecule has 1 heterocycles. The number of halogens is 1. The van der Waals surface area contributed by atoms with Gasteiger partial charge in [-0.2, -0.15) is 0 Å². The molecule has 0 saturated heterocycles. The number of rotatable bonds is 3. The molecule has 2 rings (SSSR count). The lowest BCUT2D eigenvalue weighted by atomic mass is 10.3. The van der Waals surface area contributed by atoms with Crippen LogP contribution in [0.2, 0.25) is 5.15 Å². The van der Waals surface area contributed by atoms with Crippen LogP contribution in [-0.4, -0.2) is 14.2 Å². The van der Waals surface area contributed by atoms with Gasteiger partial charge >= 0.3 is 0 Å². The molecule has 0 aliphatic carbocycles. The fraction of sp³-hybridized carbons (Fsp3) is 0. The van der Waals surface area contributed by atoms with Crippen molar-refractivity contribution in [2.45, 2.75) is 4.90 Å². The maximum Gasteiger partial charge on any atom is 0.228 e. The van der Waals surface area contributed by atoms with Crippen LogP contribution in [-0.2, 0) is 11.0 Å². The average Bonchev–Trinajstić information content (AvgIpc) is 2.29. The van der Waals surface area contributed by atoms with Gasteiger partial charge in [-0.3, -0.25) is 0 Å². The molecule has 7 heteroatoms. The second-order valence-corrected chi connectivity index (χ2v) is 4.61. The van der Waals surface area contributed by atoms with Gasteiger partial charge < -0.3 is 5.32 Å². The summed E-state index contributed by atoms with van der Waals surface area (Å²) in [5.41, 5.74) is 0.698. The lowest BCUT2D eigenvalue weighted by Crippen LogP contribution is -2.03. The van der Waals surface area contributed by atoms with Crippen LogP contribution in [0.1, 0.15) is 0 Å². The van der Waals surface area contributed by atoms with Crippen LogP contribution < -0.4 is 10.5 Å². The Labute approximate surface area is 106 Å². The second-order valence-electron chi connectivity index (χ2n) is 3.15. The molecule has 0 aliphatic heterocycles. The summed E-state index contributed by atoms with van der Waals surface area (Å²) in [5.74, 6) is 0.373. The molecule has 1 unspecified atom stereocenters. The third-order valence-corrected chi connectivity index (χ3v) is 2.87. The van der Waals surface area contributed by atoms with Crippen LogP contribution in [0.15, 0.2) is 41.4 Å². The lowest BCUT2D eigenvalue weighted by molar-refractivity contribution is 0.684. The van der Waals surface area contributed by atoms with E-state index in [0.29, 0.717) is 21.7 Å². The molecule has 17 heavy (non-hydrogen) atoms. The van der Waals surface area contributed by atoms with Crippen molar-refractivity contribution in [3.63, 3.8) is 0 Å². The van der Waals surface area contributed by atoms with Crippen LogP contribution in [0, 0.1) is 0 Å². The van der Waals surface area contributed by atoms with Crippen molar-refractivity contribution in [3.8, 4) is 0 Å². The van der Waals surface area contributed by atoms with Gasteiger partial charge in [-0.05, 0) is 24.3 Å². The van der Waals surface area contributed by atoms with Gasteiger partial charge in [0, 0.05) is 11.9 Å². The maximum absolute atomic E-state index is 11.1. The summed E-state index contributed by atoms with van der Waals surface area (Å²) in [4.78, 5) is 8.50. The summed E-state index contributed by atoms with van der Waals surface area (Å²) >= 11 is 5.73. The number of nitrogens with zero attached hydrogens (tertiary/aromatic N) is 2. The predicted molar refractivity (Wildman–Crippen MR) is 67.4 cm³/mol. The number of anilines is 2. The standard InChI is InChI=1S/C10H9ClN4OS/c11-9-4-5-13-10(15-9)14-7-2-1-3-8(6-7)17(12)16/h1-6H,12H2,(H,13,14,15). The van der Waals surface area contributed by atoms with Crippen molar-refractivity contribution in [2.75, 3.05) is 5.32 Å². The zero-order valence-corrected chi connectivity index (χ0v) is 10.2. The molecule has 1 aromatic carbocycles. The fourth-order valence-electron chi connectivity index (χ4n) is 1.23. The summed E-state index contributed by atoms with van der Waals surface area (Å²) in [5, 5.41) is 8.58. The highest BCUT2D eigenvalue weighted by atomic mass is 35.5. The second kappa shape index (κ2) is 5.22. The Balaban J connectivity index is 2.24. The molecule has 0 spiro atoms. The maximum atomic E-state index is 11.1. The Morgan fingerprint density at radius 3 is 2.88 bits per heavy atom. The molecule has 0 fully saturated rings. The van der Waals surface area contributed by atoms with E-state index < -0.39 is 11.0 Å². The van der Waals surface area contributed by atoms with Crippen LogP contribution in [0.3, 0.4) is 0 Å². The summed E-state index contributed by atoms with van der Waals surface area (Å²) in [6.07, 6.45) is 1.54. The predicted octanol–water partition coefficient (Wildman–Crippen LogP) is 1.85. The highest BCUT2D eigenvalue weighted by Crippen LogP contribution is 2.16. The minimum absolute atomic E-state index is 0.348. The quantitative estimate of drug-likeness (QED) is 0.833. The van der Waals surface area contributed by atoms with E-state index in [4.69, 9.17) is 16.7 Å². The minimum atomic E-state index is -1.51. The minimum Gasteiger partial charge on any atom is -0.324 e. The van der Waals surface area contributed by atoms with E-state index >= 15 is 0 Å². The summed E-state index contributed by atoms with van der Waals surface area (Å²) in [6.45, 7) is 0. The fourth-order valence-corrected chi connectivity index (χ4v) is 1.82. The molecule has 5 nitrogen and oxygen atoms in total. The van der Waals surface area contributed by atoms with Gasteiger partial charge in [0.1, 0.15) is 16.1 Å². The highest BCUT2D eigenvalue weighted by Gasteiger charge is 2.02. The number of nitrogens with two attached hydrogens (primary N) is 1. The van der Waals surface area contributed by atoms with Gasteiger partial charge in [0.05, 0.1) is 4.90 Å². The number of nitrogens with one attached hydrogen (secondary N) is 1. The molecule has 88 valence electrons. The van der Waals surface area contributed by atoms with Gasteiger partial charge in [-0.1, -0.05) is 17.7 Å². The summed E-state index contributed by atoms with van der Waals surface area (Å²) in [7, 11) is -1.51. The van der Waals surface area contributed by atoms with Crippen molar-refractivity contribution in [1.82, 2.24) is 9.97 Å². The summed E-state index contributed by atoms with van der Waals surface area (Å²) in [6, 6.07) is 8.46. The first-order valence-corrected chi connectivity index (χ1v) is 6.26. The third-order valence-electron chi connectivity index (χ3n) is 1.94. The van der Waals surface area contributed by atoms with Crippen molar-refractivity contribution in [1.29, 1.82) is 0 Å². The van der Waals surface area contributed by atoms with E-state index in [9.17, 15) is 4.21 Å². The Morgan fingerprint density at radius 2 is 2.18 bits per heavy atom. The zero-order chi connectivity index (χ0) is 12.3. The molecule has 0 aliphatic rings. The van der Waals surface area contributed by atoms with E-state index in [-0.39, 0.29) is 0 Å². The van der Waals surface area contributed by atoms with Crippen LogP contribution in [0.4, 0.5) is 11.6 Å². The van der Waals surface area contributed by atoms with Crippen LogP contribution in [0.5, 0.6) is 0 Å². The molecule has 3 N–H and O–H groups in total. The van der Waals surface area contributed by atoms with E-state index in [1.54, 1.807) is 36.5 Å². The number of hydrogen-bond donors (Lipinski definition) is 2. The highest BCUT2D eigenvalue weighted by molar-refractivity contribution is 7.82. The van der Waals surface area contributed by atoms with Crippen LogP contribution in [0.25, 0.3) is 0 Å². The van der Waals surface area contributed by atoms with Gasteiger partial charge in [-0.25, -0.2) is 19.3 Å². The Bertz CT molecular complexity index is 564. The van der Waals surface area contributed by atoms with E-state index in [2.05, 4.69) is 15.3 Å². The largest absolute Gasteiger partial charge is 0.324 e. The van der Waals surface area contributed by atoms with Crippen molar-refractivity contribution in [2.24, 2.45) is 5.14 Å². The lowest BCUT2D eigenvalue weighted by Gasteiger charge is -2.05. The smallest absolute Gasteiger partial charge is 0.228 e. The zero-order valence-electron chi connectivity index (χ0n) is 8.63. The summed E-state index contributed by atoms with van der Waals surface area (Å²) < 4.78 is 11.1. The normalized spacial score (nSPS) is 12.1. The van der Waals surface area contributed by atoms with Crippen molar-refractivity contribution >= 4 is 34.2 Å². The van der Waals surface area contributed by atoms with Crippen molar-refractivity contribution < 1.29 is 4.21 Å². The molecular weight excluding hydrogens is 260 g/mol. The molecule has 0 radical (unpaired) electrons. The molecule has 0 amide bonds. The first-order chi connectivity index (χ1) is 8.15. The van der Waals surface area contributed by atoms with E-state index in [1.165, 1.54) is 0 Å². The number of benzene rings is 1. The van der Waals surface area contributed by atoms with Crippen molar-refractivity contribution in [3.05, 3.63) is 41.7 Å². The Hall–Kier alpha value is -1.50. The monoisotopic (exact) mass is 268 g/mol. The Kier molecular flexibility index (Phi) is 3.68. The van der Waals surface area contributed by atoms with E-state index in [0.717, 1.165) is 0 Å². The molecule has 1 atom stereocenters. The molecule has 1 aromatic heterocycles. The van der Waals surface area contributed by atoms with Gasteiger partial charge in [-0.15, -0.1) is 0 Å². The Morgan fingerprint density at radius 1 is 1.35 bits per heavy atom. The topological polar surface area (TPSA) is 80.9 Å². The van der Waals surface area contributed by atoms with Crippen LogP contribution >= 0.6 is 11.6 Å². The molecular formula is C10H9ClN4OS. The molecule has 0 saturated carbocycles. The van der Waals surface area contributed by atoms with Gasteiger partial charge in [0.2, 0.25) is 5.95 Å².